The van der Waals surface area contributed by atoms with Crippen LogP contribution in [-0.2, 0) is 6.42 Å². The van der Waals surface area contributed by atoms with Gasteiger partial charge >= 0.3 is 0 Å². The van der Waals surface area contributed by atoms with Crippen LogP contribution in [0.15, 0.2) is 32.8 Å². The molecule has 0 saturated heterocycles. The summed E-state index contributed by atoms with van der Waals surface area (Å²) in [5.41, 5.74) is 15.7. The van der Waals surface area contributed by atoms with Crippen LogP contribution < -0.4 is 17.2 Å². The molecule has 0 radical (unpaired) electrons. The third kappa shape index (κ3) is 4.70. The largest absolute Gasteiger partial charge is 0.469 e. The van der Waals surface area contributed by atoms with Crippen LogP contribution in [0, 0.1) is 0 Å². The molecule has 0 aliphatic carbocycles. The quantitative estimate of drug-likeness (QED) is 0.361. The monoisotopic (exact) mass is 209 g/mol. The van der Waals surface area contributed by atoms with Gasteiger partial charge in [0.25, 0.3) is 0 Å². The van der Waals surface area contributed by atoms with Crippen molar-refractivity contribution in [3.8, 4) is 0 Å². The predicted octanol–water partition coefficient (Wildman–Crippen LogP) is -0.200. The van der Waals surface area contributed by atoms with Crippen molar-refractivity contribution < 1.29 is 4.42 Å². The average molecular weight is 209 g/mol. The molecule has 15 heavy (non-hydrogen) atoms. The zero-order valence-electron chi connectivity index (χ0n) is 8.39. The molecule has 82 valence electrons. The minimum absolute atomic E-state index is 0.0812. The van der Waals surface area contributed by atoms with Gasteiger partial charge in [0, 0.05) is 13.0 Å². The summed E-state index contributed by atoms with van der Waals surface area (Å²) in [5, 5.41) is 0. The molecule has 0 saturated carbocycles. The van der Waals surface area contributed by atoms with Crippen molar-refractivity contribution in [2.75, 3.05) is 6.54 Å². The lowest BCUT2D eigenvalue weighted by Crippen LogP contribution is -2.26. The third-order valence-electron chi connectivity index (χ3n) is 1.68. The predicted molar refractivity (Wildman–Crippen MR) is 59.3 cm³/mol. The van der Waals surface area contributed by atoms with Gasteiger partial charge < -0.3 is 21.6 Å². The maximum absolute atomic E-state index is 5.41. The van der Waals surface area contributed by atoms with Crippen molar-refractivity contribution in [3.63, 3.8) is 0 Å². The summed E-state index contributed by atoms with van der Waals surface area (Å²) in [7, 11) is 0. The van der Waals surface area contributed by atoms with Gasteiger partial charge in [0.05, 0.1) is 6.26 Å². The number of hydrogen-bond acceptors (Lipinski definition) is 2. The van der Waals surface area contributed by atoms with E-state index in [0.717, 1.165) is 18.6 Å². The molecule has 0 aliphatic heterocycles. The Hall–Kier alpha value is -1.98. The van der Waals surface area contributed by atoms with Gasteiger partial charge in [-0.3, -0.25) is 4.99 Å². The van der Waals surface area contributed by atoms with Crippen LogP contribution in [0.2, 0.25) is 0 Å². The second kappa shape index (κ2) is 5.69. The molecule has 1 aromatic rings. The first-order valence-electron chi connectivity index (χ1n) is 4.60. The van der Waals surface area contributed by atoms with E-state index in [1.54, 1.807) is 6.26 Å². The SMILES string of the molecule is NC(N)=NC(N)=NCCCc1ccco1. The van der Waals surface area contributed by atoms with Crippen LogP contribution in [0.25, 0.3) is 0 Å². The van der Waals surface area contributed by atoms with E-state index >= 15 is 0 Å². The highest BCUT2D eigenvalue weighted by Crippen LogP contribution is 2.03. The summed E-state index contributed by atoms with van der Waals surface area (Å²) in [5.74, 6) is 0.961. The highest BCUT2D eigenvalue weighted by Gasteiger charge is 1.94. The third-order valence-corrected chi connectivity index (χ3v) is 1.68. The van der Waals surface area contributed by atoms with E-state index in [1.165, 1.54) is 0 Å². The summed E-state index contributed by atoms with van der Waals surface area (Å²) in [4.78, 5) is 7.56. The molecular formula is C9H15N5O. The first kappa shape index (κ1) is 11.1. The van der Waals surface area contributed by atoms with Crippen molar-refractivity contribution >= 4 is 11.9 Å². The summed E-state index contributed by atoms with van der Waals surface area (Å²) < 4.78 is 5.16. The minimum Gasteiger partial charge on any atom is -0.469 e. The van der Waals surface area contributed by atoms with E-state index in [4.69, 9.17) is 21.6 Å². The maximum atomic E-state index is 5.41. The molecule has 0 unspecified atom stereocenters. The lowest BCUT2D eigenvalue weighted by atomic mass is 10.2. The molecule has 0 bridgehead atoms. The number of hydrogen-bond donors (Lipinski definition) is 3. The van der Waals surface area contributed by atoms with Gasteiger partial charge in [0.15, 0.2) is 5.96 Å². The van der Waals surface area contributed by atoms with Gasteiger partial charge in [-0.2, -0.15) is 4.99 Å². The van der Waals surface area contributed by atoms with Gasteiger partial charge in [-0.1, -0.05) is 0 Å². The number of rotatable bonds is 4. The standard InChI is InChI=1S/C9H15N5O/c10-8(11)14-9(12)13-5-1-3-7-4-2-6-15-7/h2,4,6H,1,3,5H2,(H6,10,11,12,13,14). The van der Waals surface area contributed by atoms with Gasteiger partial charge in [0.1, 0.15) is 5.76 Å². The molecule has 0 aliphatic rings. The lowest BCUT2D eigenvalue weighted by molar-refractivity contribution is 0.503. The highest BCUT2D eigenvalue weighted by molar-refractivity contribution is 5.92. The molecule has 0 atom stereocenters. The van der Waals surface area contributed by atoms with Crippen LogP contribution in [-0.4, -0.2) is 18.5 Å². The topological polar surface area (TPSA) is 116 Å². The zero-order chi connectivity index (χ0) is 11.1. The second-order valence-corrected chi connectivity index (χ2v) is 2.96. The van der Waals surface area contributed by atoms with Crippen LogP contribution in [0.3, 0.4) is 0 Å². The lowest BCUT2D eigenvalue weighted by Gasteiger charge is -1.95. The van der Waals surface area contributed by atoms with Crippen LogP contribution in [0.4, 0.5) is 0 Å². The molecule has 0 spiro atoms. The van der Waals surface area contributed by atoms with E-state index in [2.05, 4.69) is 9.98 Å². The van der Waals surface area contributed by atoms with E-state index in [0.29, 0.717) is 6.54 Å². The minimum atomic E-state index is -0.0812. The Kier molecular flexibility index (Phi) is 4.21. The normalized spacial score (nSPS) is 11.3. The fourth-order valence-electron chi connectivity index (χ4n) is 1.07. The summed E-state index contributed by atoms with van der Waals surface area (Å²) in [6.45, 7) is 0.573. The molecule has 1 heterocycles. The molecule has 6 nitrogen and oxygen atoms in total. The van der Waals surface area contributed by atoms with E-state index in [-0.39, 0.29) is 11.9 Å². The van der Waals surface area contributed by atoms with Crippen molar-refractivity contribution in [3.05, 3.63) is 24.2 Å². The Bertz CT molecular complexity index is 337. The van der Waals surface area contributed by atoms with Crippen molar-refractivity contribution in [1.82, 2.24) is 0 Å². The average Bonchev–Trinajstić information content (AvgIpc) is 2.63. The first-order chi connectivity index (χ1) is 7.18. The summed E-state index contributed by atoms with van der Waals surface area (Å²) in [6, 6.07) is 3.77. The van der Waals surface area contributed by atoms with E-state index in [1.807, 2.05) is 12.1 Å². The van der Waals surface area contributed by atoms with Gasteiger partial charge in [-0.25, -0.2) is 0 Å². The Morgan fingerprint density at radius 2 is 2.13 bits per heavy atom. The van der Waals surface area contributed by atoms with E-state index < -0.39 is 0 Å². The molecule has 1 rings (SSSR count). The number of furan rings is 1. The number of aryl methyl sites for hydroxylation is 1. The van der Waals surface area contributed by atoms with E-state index in [9.17, 15) is 0 Å². The van der Waals surface area contributed by atoms with Crippen molar-refractivity contribution in [2.45, 2.75) is 12.8 Å². The van der Waals surface area contributed by atoms with Gasteiger partial charge in [-0.15, -0.1) is 0 Å². The van der Waals surface area contributed by atoms with Crippen LogP contribution >= 0.6 is 0 Å². The van der Waals surface area contributed by atoms with Crippen LogP contribution in [0.5, 0.6) is 0 Å². The van der Waals surface area contributed by atoms with Gasteiger partial charge in [0.2, 0.25) is 5.96 Å². The molecule has 1 aromatic heterocycles. The number of nitrogens with two attached hydrogens (primary N) is 3. The Balaban J connectivity index is 2.24. The fraction of sp³-hybridized carbons (Fsp3) is 0.333. The molecule has 6 N–H and O–H groups in total. The van der Waals surface area contributed by atoms with Gasteiger partial charge in [-0.05, 0) is 18.6 Å². The zero-order valence-corrected chi connectivity index (χ0v) is 8.39. The second-order valence-electron chi connectivity index (χ2n) is 2.96. The fourth-order valence-corrected chi connectivity index (χ4v) is 1.07. The first-order valence-corrected chi connectivity index (χ1v) is 4.60. The number of aliphatic imine (C=N–C) groups is 2. The summed E-state index contributed by atoms with van der Waals surface area (Å²) >= 11 is 0. The molecular weight excluding hydrogens is 194 g/mol. The molecule has 0 amide bonds. The molecule has 6 heteroatoms. The molecule has 0 aromatic carbocycles. The Labute approximate surface area is 87.9 Å². The number of nitrogens with zero attached hydrogens (tertiary/aromatic N) is 2. The molecule has 0 fully saturated rings. The Morgan fingerprint density at radius 1 is 1.33 bits per heavy atom. The van der Waals surface area contributed by atoms with Crippen molar-refractivity contribution in [1.29, 1.82) is 0 Å². The Morgan fingerprint density at radius 3 is 2.73 bits per heavy atom. The summed E-state index contributed by atoms with van der Waals surface area (Å²) in [6.07, 6.45) is 3.31. The smallest absolute Gasteiger partial charge is 0.218 e. The number of guanidine groups is 2. The van der Waals surface area contributed by atoms with Crippen LogP contribution in [0.1, 0.15) is 12.2 Å². The highest BCUT2D eigenvalue weighted by atomic mass is 16.3. The maximum Gasteiger partial charge on any atom is 0.218 e. The van der Waals surface area contributed by atoms with Crippen molar-refractivity contribution in [2.24, 2.45) is 27.2 Å².